The standard InChI is InChI=1S/C20H18ClNO2/c1-14(20(23)22-13-17-8-4-5-9-19(17)21)24-18-11-10-15-6-2-3-7-16(15)12-18/h2-12,14H,13H2,1H3,(H,22,23)/t14-/m0/s1. The Labute approximate surface area is 146 Å². The molecule has 3 aromatic rings. The lowest BCUT2D eigenvalue weighted by Gasteiger charge is -2.15. The summed E-state index contributed by atoms with van der Waals surface area (Å²) in [7, 11) is 0. The van der Waals surface area contributed by atoms with E-state index in [2.05, 4.69) is 5.32 Å². The maximum Gasteiger partial charge on any atom is 0.261 e. The van der Waals surface area contributed by atoms with Gasteiger partial charge in [0.15, 0.2) is 6.10 Å². The van der Waals surface area contributed by atoms with E-state index in [0.29, 0.717) is 17.3 Å². The molecule has 1 atom stereocenters. The minimum atomic E-state index is -0.589. The zero-order chi connectivity index (χ0) is 16.9. The minimum absolute atomic E-state index is 0.178. The Bertz CT molecular complexity index is 863. The first kappa shape index (κ1) is 16.3. The number of ether oxygens (including phenoxy) is 1. The summed E-state index contributed by atoms with van der Waals surface area (Å²) in [6.07, 6.45) is -0.589. The predicted octanol–water partition coefficient (Wildman–Crippen LogP) is 4.58. The van der Waals surface area contributed by atoms with E-state index >= 15 is 0 Å². The van der Waals surface area contributed by atoms with Gasteiger partial charge in [0, 0.05) is 11.6 Å². The molecule has 0 heterocycles. The van der Waals surface area contributed by atoms with Crippen molar-refractivity contribution in [2.75, 3.05) is 0 Å². The molecule has 122 valence electrons. The zero-order valence-electron chi connectivity index (χ0n) is 13.3. The van der Waals surface area contributed by atoms with Gasteiger partial charge in [-0.25, -0.2) is 0 Å². The van der Waals surface area contributed by atoms with E-state index in [1.54, 1.807) is 13.0 Å². The fourth-order valence-electron chi connectivity index (χ4n) is 2.47. The van der Waals surface area contributed by atoms with E-state index in [1.807, 2.05) is 60.7 Å². The van der Waals surface area contributed by atoms with E-state index < -0.39 is 6.10 Å². The van der Waals surface area contributed by atoms with E-state index in [1.165, 1.54) is 0 Å². The molecular formula is C20H18ClNO2. The monoisotopic (exact) mass is 339 g/mol. The van der Waals surface area contributed by atoms with Gasteiger partial charge in [0.2, 0.25) is 0 Å². The highest BCUT2D eigenvalue weighted by atomic mass is 35.5. The first-order valence-electron chi connectivity index (χ1n) is 7.80. The normalized spacial score (nSPS) is 11.9. The van der Waals surface area contributed by atoms with E-state index in [0.717, 1.165) is 16.3 Å². The number of fused-ring (bicyclic) bond motifs is 1. The molecule has 0 spiro atoms. The van der Waals surface area contributed by atoms with E-state index in [-0.39, 0.29) is 5.91 Å². The van der Waals surface area contributed by atoms with Crippen molar-refractivity contribution in [1.82, 2.24) is 5.32 Å². The fraction of sp³-hybridized carbons (Fsp3) is 0.150. The maximum atomic E-state index is 12.2. The highest BCUT2D eigenvalue weighted by Crippen LogP contribution is 2.21. The second-order valence-electron chi connectivity index (χ2n) is 5.58. The van der Waals surface area contributed by atoms with Crippen molar-refractivity contribution in [2.24, 2.45) is 0 Å². The van der Waals surface area contributed by atoms with Gasteiger partial charge in [-0.15, -0.1) is 0 Å². The maximum absolute atomic E-state index is 12.2. The van der Waals surface area contributed by atoms with Crippen LogP contribution in [0.25, 0.3) is 10.8 Å². The van der Waals surface area contributed by atoms with Crippen LogP contribution in [0.5, 0.6) is 5.75 Å². The Balaban J connectivity index is 1.61. The van der Waals surface area contributed by atoms with Crippen LogP contribution in [-0.4, -0.2) is 12.0 Å². The number of rotatable bonds is 5. The fourth-order valence-corrected chi connectivity index (χ4v) is 2.67. The molecule has 3 nitrogen and oxygen atoms in total. The van der Waals surface area contributed by atoms with Crippen molar-refractivity contribution in [1.29, 1.82) is 0 Å². The SMILES string of the molecule is C[C@H](Oc1ccc2ccccc2c1)C(=O)NCc1ccccc1Cl. The Morgan fingerprint density at radius 1 is 1.04 bits per heavy atom. The second-order valence-corrected chi connectivity index (χ2v) is 5.99. The first-order valence-corrected chi connectivity index (χ1v) is 8.18. The van der Waals surface area contributed by atoms with Crippen LogP contribution in [0.2, 0.25) is 5.02 Å². The summed E-state index contributed by atoms with van der Waals surface area (Å²) in [5.74, 6) is 0.497. The highest BCUT2D eigenvalue weighted by Gasteiger charge is 2.15. The van der Waals surface area contributed by atoms with Gasteiger partial charge >= 0.3 is 0 Å². The van der Waals surface area contributed by atoms with Crippen molar-refractivity contribution < 1.29 is 9.53 Å². The highest BCUT2D eigenvalue weighted by molar-refractivity contribution is 6.31. The van der Waals surface area contributed by atoms with Gasteiger partial charge in [0.05, 0.1) is 0 Å². The average Bonchev–Trinajstić information content (AvgIpc) is 2.60. The van der Waals surface area contributed by atoms with E-state index in [4.69, 9.17) is 16.3 Å². The van der Waals surface area contributed by atoms with Gasteiger partial charge in [-0.3, -0.25) is 4.79 Å². The van der Waals surface area contributed by atoms with Crippen LogP contribution in [0.4, 0.5) is 0 Å². The molecular weight excluding hydrogens is 322 g/mol. The van der Waals surface area contributed by atoms with Crippen LogP contribution < -0.4 is 10.1 Å². The molecule has 0 fully saturated rings. The summed E-state index contributed by atoms with van der Waals surface area (Å²) in [6, 6.07) is 21.3. The number of amides is 1. The van der Waals surface area contributed by atoms with Crippen LogP contribution in [0, 0.1) is 0 Å². The lowest BCUT2D eigenvalue weighted by molar-refractivity contribution is -0.127. The van der Waals surface area contributed by atoms with Gasteiger partial charge in [-0.05, 0) is 41.5 Å². The van der Waals surface area contributed by atoms with Gasteiger partial charge in [0.1, 0.15) is 5.75 Å². The van der Waals surface area contributed by atoms with Crippen LogP contribution in [-0.2, 0) is 11.3 Å². The van der Waals surface area contributed by atoms with Gasteiger partial charge in [-0.2, -0.15) is 0 Å². The summed E-state index contributed by atoms with van der Waals surface area (Å²) >= 11 is 6.09. The minimum Gasteiger partial charge on any atom is -0.481 e. The third-order valence-electron chi connectivity index (χ3n) is 3.81. The molecule has 0 aromatic heterocycles. The zero-order valence-corrected chi connectivity index (χ0v) is 14.1. The van der Waals surface area contributed by atoms with Crippen LogP contribution in [0.1, 0.15) is 12.5 Å². The van der Waals surface area contributed by atoms with E-state index in [9.17, 15) is 4.79 Å². The van der Waals surface area contributed by atoms with Crippen molar-refractivity contribution in [2.45, 2.75) is 19.6 Å². The van der Waals surface area contributed by atoms with Crippen LogP contribution in [0.15, 0.2) is 66.7 Å². The van der Waals surface area contributed by atoms with Crippen LogP contribution >= 0.6 is 11.6 Å². The molecule has 0 unspecified atom stereocenters. The van der Waals surface area contributed by atoms with Gasteiger partial charge in [-0.1, -0.05) is 60.1 Å². The second kappa shape index (κ2) is 7.37. The van der Waals surface area contributed by atoms with Crippen molar-refractivity contribution >= 4 is 28.3 Å². The summed E-state index contributed by atoms with van der Waals surface area (Å²) in [5.41, 5.74) is 0.880. The smallest absolute Gasteiger partial charge is 0.261 e. The van der Waals surface area contributed by atoms with Gasteiger partial charge in [0.25, 0.3) is 5.91 Å². The number of carbonyl (C=O) groups excluding carboxylic acids is 1. The topological polar surface area (TPSA) is 38.3 Å². The first-order chi connectivity index (χ1) is 11.6. The molecule has 1 N–H and O–H groups in total. The molecule has 0 saturated heterocycles. The molecule has 0 bridgehead atoms. The lowest BCUT2D eigenvalue weighted by Crippen LogP contribution is -2.35. The predicted molar refractivity (Wildman–Crippen MR) is 97.3 cm³/mol. The molecule has 0 radical (unpaired) electrons. The van der Waals surface area contributed by atoms with Crippen molar-refractivity contribution in [3.05, 3.63) is 77.3 Å². The Morgan fingerprint density at radius 2 is 1.75 bits per heavy atom. The third-order valence-corrected chi connectivity index (χ3v) is 4.18. The van der Waals surface area contributed by atoms with Crippen molar-refractivity contribution in [3.8, 4) is 5.75 Å². The summed E-state index contributed by atoms with van der Waals surface area (Å²) in [6.45, 7) is 2.11. The Hall–Kier alpha value is -2.52. The summed E-state index contributed by atoms with van der Waals surface area (Å²) in [4.78, 5) is 12.2. The average molecular weight is 340 g/mol. The molecule has 24 heavy (non-hydrogen) atoms. The number of nitrogens with one attached hydrogen (secondary N) is 1. The molecule has 0 aliphatic rings. The number of hydrogen-bond acceptors (Lipinski definition) is 2. The lowest BCUT2D eigenvalue weighted by atomic mass is 10.1. The summed E-state index contributed by atoms with van der Waals surface area (Å²) < 4.78 is 5.76. The van der Waals surface area contributed by atoms with Gasteiger partial charge < -0.3 is 10.1 Å². The molecule has 0 aliphatic carbocycles. The molecule has 3 rings (SSSR count). The Morgan fingerprint density at radius 3 is 2.54 bits per heavy atom. The van der Waals surface area contributed by atoms with Crippen molar-refractivity contribution in [3.63, 3.8) is 0 Å². The number of hydrogen-bond donors (Lipinski definition) is 1. The number of carbonyl (C=O) groups is 1. The summed E-state index contributed by atoms with van der Waals surface area (Å²) in [5, 5.41) is 5.71. The van der Waals surface area contributed by atoms with Crippen LogP contribution in [0.3, 0.4) is 0 Å². The molecule has 4 heteroatoms. The molecule has 3 aromatic carbocycles. The largest absolute Gasteiger partial charge is 0.481 e. The number of halogens is 1. The third kappa shape index (κ3) is 3.87. The molecule has 1 amide bonds. The molecule has 0 saturated carbocycles. The molecule has 0 aliphatic heterocycles. The quantitative estimate of drug-likeness (QED) is 0.739. The number of benzene rings is 3. The Kier molecular flexibility index (Phi) is 5.02.